The molecule has 4 nitrogen and oxygen atoms in total. The van der Waals surface area contributed by atoms with E-state index in [1.807, 2.05) is 11.8 Å². The minimum Gasteiger partial charge on any atom is -0.362 e. The first-order valence-electron chi connectivity index (χ1n) is 4.47. The summed E-state index contributed by atoms with van der Waals surface area (Å²) < 4.78 is 4.91. The lowest BCUT2D eigenvalue weighted by Crippen LogP contribution is -2.13. The normalized spacial score (nSPS) is 23.2. The molecule has 1 aliphatic rings. The average molecular weight is 200 g/mol. The molecular formula is C8H12N2O2S. The Morgan fingerprint density at radius 2 is 2.62 bits per heavy atom. The number of hydrogen-bond donors (Lipinski definition) is 1. The third-order valence-corrected chi connectivity index (χ3v) is 3.48. The molecule has 0 radical (unpaired) electrons. The monoisotopic (exact) mass is 200 g/mol. The van der Waals surface area contributed by atoms with E-state index in [0.717, 1.165) is 12.2 Å². The summed E-state index contributed by atoms with van der Waals surface area (Å²) in [6, 6.07) is 0. The van der Waals surface area contributed by atoms with Gasteiger partial charge in [-0.2, -0.15) is 21.9 Å². The summed E-state index contributed by atoms with van der Waals surface area (Å²) in [5.74, 6) is 3.61. The van der Waals surface area contributed by atoms with Gasteiger partial charge in [-0.1, -0.05) is 0 Å². The molecule has 1 aromatic heterocycles. The Morgan fingerprint density at radius 1 is 1.69 bits per heavy atom. The predicted molar refractivity (Wildman–Crippen MR) is 50.9 cm³/mol. The Bertz CT molecular complexity index is 314. The van der Waals surface area contributed by atoms with Crippen LogP contribution in [-0.4, -0.2) is 21.6 Å². The number of H-pyrrole nitrogens is 1. The molecule has 72 valence electrons. The highest BCUT2D eigenvalue weighted by atomic mass is 32.2. The minimum absolute atomic E-state index is 0.376. The SMILES string of the molecule is O=c1nc(CC2CCCSC2)o[nH]1. The van der Waals surface area contributed by atoms with E-state index < -0.39 is 0 Å². The van der Waals surface area contributed by atoms with Crippen LogP contribution in [0.2, 0.25) is 0 Å². The van der Waals surface area contributed by atoms with Crippen LogP contribution in [-0.2, 0) is 6.42 Å². The Morgan fingerprint density at radius 3 is 3.23 bits per heavy atom. The second-order valence-electron chi connectivity index (χ2n) is 3.30. The third kappa shape index (κ3) is 2.37. The number of hydrogen-bond acceptors (Lipinski definition) is 4. The molecule has 1 N–H and O–H groups in total. The molecule has 0 spiro atoms. The van der Waals surface area contributed by atoms with E-state index in [4.69, 9.17) is 4.52 Å². The van der Waals surface area contributed by atoms with Crippen molar-refractivity contribution < 1.29 is 4.52 Å². The first-order valence-corrected chi connectivity index (χ1v) is 5.62. The molecule has 1 unspecified atom stereocenters. The van der Waals surface area contributed by atoms with E-state index in [0.29, 0.717) is 11.8 Å². The van der Waals surface area contributed by atoms with Crippen LogP contribution in [0.5, 0.6) is 0 Å². The van der Waals surface area contributed by atoms with E-state index in [-0.39, 0.29) is 5.69 Å². The topological polar surface area (TPSA) is 58.9 Å². The van der Waals surface area contributed by atoms with Crippen LogP contribution in [0.3, 0.4) is 0 Å². The summed E-state index contributed by atoms with van der Waals surface area (Å²) in [6.45, 7) is 0. The molecule has 1 atom stereocenters. The van der Waals surface area contributed by atoms with Crippen LogP contribution < -0.4 is 5.69 Å². The molecule has 5 heteroatoms. The lowest BCUT2D eigenvalue weighted by molar-refractivity contribution is 0.349. The Kier molecular flexibility index (Phi) is 2.73. The van der Waals surface area contributed by atoms with Crippen LogP contribution >= 0.6 is 11.8 Å². The van der Waals surface area contributed by atoms with E-state index >= 15 is 0 Å². The summed E-state index contributed by atoms with van der Waals surface area (Å²) in [7, 11) is 0. The molecule has 0 amide bonds. The molecule has 1 aromatic rings. The van der Waals surface area contributed by atoms with E-state index in [9.17, 15) is 4.79 Å². The zero-order valence-corrected chi connectivity index (χ0v) is 8.10. The second-order valence-corrected chi connectivity index (χ2v) is 4.45. The summed E-state index contributed by atoms with van der Waals surface area (Å²) in [5.41, 5.74) is -0.376. The molecule has 0 saturated carbocycles. The molecule has 13 heavy (non-hydrogen) atoms. The Labute approximate surface area is 80.1 Å². The lowest BCUT2D eigenvalue weighted by Gasteiger charge is -2.18. The van der Waals surface area contributed by atoms with Crippen LogP contribution in [0.25, 0.3) is 0 Å². The molecule has 2 rings (SSSR count). The molecule has 0 bridgehead atoms. The number of aromatic amines is 1. The second kappa shape index (κ2) is 4.00. The smallest absolute Gasteiger partial charge is 0.362 e. The number of nitrogens with zero attached hydrogens (tertiary/aromatic N) is 1. The first-order chi connectivity index (χ1) is 6.34. The van der Waals surface area contributed by atoms with Crippen molar-refractivity contribution in [3.63, 3.8) is 0 Å². The van der Waals surface area contributed by atoms with Gasteiger partial charge in [-0.15, -0.1) is 0 Å². The van der Waals surface area contributed by atoms with Crippen molar-refractivity contribution in [2.24, 2.45) is 5.92 Å². The van der Waals surface area contributed by atoms with Gasteiger partial charge in [0.15, 0.2) is 0 Å². The average Bonchev–Trinajstić information content (AvgIpc) is 2.53. The van der Waals surface area contributed by atoms with Gasteiger partial charge in [0.05, 0.1) is 0 Å². The molecule has 2 heterocycles. The van der Waals surface area contributed by atoms with Crippen LogP contribution in [0.4, 0.5) is 0 Å². The predicted octanol–water partition coefficient (Wildman–Crippen LogP) is 1.05. The fourth-order valence-corrected chi connectivity index (χ4v) is 2.72. The van der Waals surface area contributed by atoms with Crippen LogP contribution in [0, 0.1) is 5.92 Å². The van der Waals surface area contributed by atoms with Gasteiger partial charge in [0.2, 0.25) is 5.89 Å². The van der Waals surface area contributed by atoms with Gasteiger partial charge in [0.1, 0.15) is 0 Å². The highest BCUT2D eigenvalue weighted by molar-refractivity contribution is 7.99. The number of rotatable bonds is 2. The largest absolute Gasteiger partial charge is 0.377 e. The number of thioether (sulfide) groups is 1. The highest BCUT2D eigenvalue weighted by Gasteiger charge is 2.16. The highest BCUT2D eigenvalue weighted by Crippen LogP contribution is 2.24. The van der Waals surface area contributed by atoms with Crippen molar-refractivity contribution in [1.82, 2.24) is 10.1 Å². The third-order valence-electron chi connectivity index (χ3n) is 2.20. The van der Waals surface area contributed by atoms with Gasteiger partial charge in [0, 0.05) is 6.42 Å². The quantitative estimate of drug-likeness (QED) is 0.775. The van der Waals surface area contributed by atoms with Crippen molar-refractivity contribution in [2.75, 3.05) is 11.5 Å². The molecular weight excluding hydrogens is 188 g/mol. The van der Waals surface area contributed by atoms with Crippen molar-refractivity contribution >= 4 is 11.8 Å². The van der Waals surface area contributed by atoms with Gasteiger partial charge >= 0.3 is 5.69 Å². The van der Waals surface area contributed by atoms with E-state index in [1.54, 1.807) is 0 Å². The minimum atomic E-state index is -0.376. The molecule has 0 aliphatic carbocycles. The van der Waals surface area contributed by atoms with Crippen molar-refractivity contribution in [3.8, 4) is 0 Å². The summed E-state index contributed by atoms with van der Waals surface area (Å²) in [4.78, 5) is 14.4. The molecule has 1 aliphatic heterocycles. The fourth-order valence-electron chi connectivity index (χ4n) is 1.56. The van der Waals surface area contributed by atoms with Gasteiger partial charge in [-0.25, -0.2) is 4.79 Å². The summed E-state index contributed by atoms with van der Waals surface area (Å²) >= 11 is 1.97. The molecule has 0 aromatic carbocycles. The van der Waals surface area contributed by atoms with E-state index in [2.05, 4.69) is 10.1 Å². The zero-order valence-electron chi connectivity index (χ0n) is 7.28. The maximum absolute atomic E-state index is 10.7. The van der Waals surface area contributed by atoms with Crippen molar-refractivity contribution in [2.45, 2.75) is 19.3 Å². The number of aromatic nitrogens is 2. The maximum Gasteiger partial charge on any atom is 0.377 e. The number of nitrogens with one attached hydrogen (secondary N) is 1. The standard InChI is InChI=1S/C8H12N2O2S/c11-8-9-7(12-10-8)4-6-2-1-3-13-5-6/h6H,1-5H2,(H,10,11). The maximum atomic E-state index is 10.7. The van der Waals surface area contributed by atoms with Crippen molar-refractivity contribution in [3.05, 3.63) is 16.4 Å². The summed E-state index contributed by atoms with van der Waals surface area (Å²) in [5, 5.41) is 2.21. The molecule has 1 saturated heterocycles. The Hall–Kier alpha value is -0.710. The van der Waals surface area contributed by atoms with E-state index in [1.165, 1.54) is 18.6 Å². The van der Waals surface area contributed by atoms with Crippen molar-refractivity contribution in [1.29, 1.82) is 0 Å². The molecule has 1 fully saturated rings. The Balaban J connectivity index is 1.93. The summed E-state index contributed by atoms with van der Waals surface area (Å²) in [6.07, 6.45) is 3.29. The van der Waals surface area contributed by atoms with Gasteiger partial charge in [-0.3, -0.25) is 0 Å². The first kappa shape index (κ1) is 8.87. The van der Waals surface area contributed by atoms with Gasteiger partial charge in [-0.05, 0) is 30.3 Å². The van der Waals surface area contributed by atoms with Gasteiger partial charge in [0.25, 0.3) is 0 Å². The van der Waals surface area contributed by atoms with Crippen LogP contribution in [0.15, 0.2) is 9.32 Å². The van der Waals surface area contributed by atoms with Gasteiger partial charge < -0.3 is 4.52 Å². The fraction of sp³-hybridized carbons (Fsp3) is 0.750. The zero-order chi connectivity index (χ0) is 9.10. The lowest BCUT2D eigenvalue weighted by atomic mass is 10.0. The van der Waals surface area contributed by atoms with Crippen LogP contribution in [0.1, 0.15) is 18.7 Å².